The second-order valence-corrected chi connectivity index (χ2v) is 6.75. The lowest BCUT2D eigenvalue weighted by Gasteiger charge is -2.20. The minimum absolute atomic E-state index is 0.338. The molecule has 106 valence electrons. The van der Waals surface area contributed by atoms with Crippen LogP contribution in [0.25, 0.3) is 10.1 Å². The first-order valence-electron chi connectivity index (χ1n) is 6.71. The maximum absolute atomic E-state index is 11.3. The fourth-order valence-electron chi connectivity index (χ4n) is 2.89. The van der Waals surface area contributed by atoms with Crippen molar-refractivity contribution in [1.29, 1.82) is 0 Å². The zero-order valence-corrected chi connectivity index (χ0v) is 12.8. The van der Waals surface area contributed by atoms with E-state index in [-0.39, 0.29) is 6.04 Å². The van der Waals surface area contributed by atoms with E-state index in [2.05, 4.69) is 17.9 Å². The van der Waals surface area contributed by atoms with Crippen LogP contribution in [-0.2, 0) is 11.3 Å². The highest BCUT2D eigenvalue weighted by molar-refractivity contribution is 7.20. The number of hydrogen-bond donors (Lipinski definition) is 1. The van der Waals surface area contributed by atoms with Crippen molar-refractivity contribution < 1.29 is 9.90 Å². The molecule has 1 aliphatic heterocycles. The molecule has 0 amide bonds. The summed E-state index contributed by atoms with van der Waals surface area (Å²) in [6, 6.07) is 5.61. The molecular weight excluding hydrogens is 294 g/mol. The van der Waals surface area contributed by atoms with E-state index in [0.29, 0.717) is 6.54 Å². The third kappa shape index (κ3) is 2.32. The van der Waals surface area contributed by atoms with Crippen molar-refractivity contribution >= 4 is 39.0 Å². The van der Waals surface area contributed by atoms with E-state index in [4.69, 9.17) is 11.6 Å². The molecule has 1 unspecified atom stereocenters. The molecule has 20 heavy (non-hydrogen) atoms. The molecule has 0 aliphatic carbocycles. The van der Waals surface area contributed by atoms with Crippen LogP contribution in [0, 0.1) is 6.92 Å². The number of carboxylic acids is 1. The minimum Gasteiger partial charge on any atom is -0.480 e. The number of hydrogen-bond acceptors (Lipinski definition) is 3. The predicted molar refractivity (Wildman–Crippen MR) is 82.6 cm³/mol. The monoisotopic (exact) mass is 309 g/mol. The highest BCUT2D eigenvalue weighted by Gasteiger charge is 2.31. The van der Waals surface area contributed by atoms with Gasteiger partial charge < -0.3 is 5.11 Å². The standard InChI is InChI=1S/C15H16ClNO2S/c1-9-10-4-2-5-11(16)14(10)20-13(9)8-17-7-3-6-12(17)15(18)19/h2,4-5,12H,3,6-8H2,1H3,(H,18,19). The van der Waals surface area contributed by atoms with Crippen LogP contribution in [0.3, 0.4) is 0 Å². The lowest BCUT2D eigenvalue weighted by Crippen LogP contribution is -2.35. The van der Waals surface area contributed by atoms with Crippen LogP contribution >= 0.6 is 22.9 Å². The lowest BCUT2D eigenvalue weighted by atomic mass is 10.1. The maximum Gasteiger partial charge on any atom is 0.320 e. The molecule has 1 N–H and O–H groups in total. The Kier molecular flexibility index (Phi) is 3.71. The van der Waals surface area contributed by atoms with Gasteiger partial charge in [-0.15, -0.1) is 11.3 Å². The van der Waals surface area contributed by atoms with Crippen molar-refractivity contribution in [2.75, 3.05) is 6.54 Å². The number of halogens is 1. The van der Waals surface area contributed by atoms with Crippen molar-refractivity contribution in [3.63, 3.8) is 0 Å². The molecule has 2 aromatic rings. The highest BCUT2D eigenvalue weighted by Crippen LogP contribution is 2.37. The summed E-state index contributed by atoms with van der Waals surface area (Å²) in [5.74, 6) is -0.709. The Hall–Kier alpha value is -1.10. The van der Waals surface area contributed by atoms with Crippen molar-refractivity contribution in [1.82, 2.24) is 4.90 Å². The summed E-state index contributed by atoms with van der Waals surface area (Å²) >= 11 is 7.93. The Morgan fingerprint density at radius 2 is 2.35 bits per heavy atom. The molecular formula is C15H16ClNO2S. The number of nitrogens with zero attached hydrogens (tertiary/aromatic N) is 1. The van der Waals surface area contributed by atoms with Crippen LogP contribution in [-0.4, -0.2) is 28.6 Å². The van der Waals surface area contributed by atoms with Crippen LogP contribution in [0.15, 0.2) is 18.2 Å². The van der Waals surface area contributed by atoms with Gasteiger partial charge in [-0.2, -0.15) is 0 Å². The van der Waals surface area contributed by atoms with Crippen molar-refractivity contribution in [2.45, 2.75) is 32.4 Å². The fourth-order valence-corrected chi connectivity index (χ4v) is 4.41. The number of fused-ring (bicyclic) bond motifs is 1. The zero-order valence-electron chi connectivity index (χ0n) is 11.2. The largest absolute Gasteiger partial charge is 0.480 e. The number of thiophene rings is 1. The van der Waals surface area contributed by atoms with Gasteiger partial charge >= 0.3 is 5.97 Å². The summed E-state index contributed by atoms with van der Waals surface area (Å²) in [4.78, 5) is 14.5. The van der Waals surface area contributed by atoms with Gasteiger partial charge in [-0.05, 0) is 43.3 Å². The third-order valence-corrected chi connectivity index (χ3v) is 5.76. The Bertz CT molecular complexity index is 667. The van der Waals surface area contributed by atoms with Gasteiger partial charge in [0, 0.05) is 11.4 Å². The van der Waals surface area contributed by atoms with E-state index < -0.39 is 5.97 Å². The van der Waals surface area contributed by atoms with Crippen LogP contribution in [0.2, 0.25) is 5.02 Å². The molecule has 1 fully saturated rings. The van der Waals surface area contributed by atoms with Gasteiger partial charge in [0.1, 0.15) is 6.04 Å². The summed E-state index contributed by atoms with van der Waals surface area (Å²) in [5.41, 5.74) is 1.23. The van der Waals surface area contributed by atoms with E-state index in [1.54, 1.807) is 11.3 Å². The van der Waals surface area contributed by atoms with E-state index in [1.165, 1.54) is 15.8 Å². The lowest BCUT2D eigenvalue weighted by molar-refractivity contribution is -0.142. The molecule has 0 spiro atoms. The Labute approximate surface area is 126 Å². The smallest absolute Gasteiger partial charge is 0.320 e. The van der Waals surface area contributed by atoms with Crippen LogP contribution in [0.5, 0.6) is 0 Å². The summed E-state index contributed by atoms with van der Waals surface area (Å²) in [6.45, 7) is 3.66. The molecule has 0 bridgehead atoms. The molecule has 1 aromatic heterocycles. The molecule has 0 radical (unpaired) electrons. The van der Waals surface area contributed by atoms with Gasteiger partial charge in [-0.25, -0.2) is 0 Å². The Balaban J connectivity index is 1.93. The quantitative estimate of drug-likeness (QED) is 0.934. The van der Waals surface area contributed by atoms with Gasteiger partial charge in [0.05, 0.1) is 9.72 Å². The van der Waals surface area contributed by atoms with Gasteiger partial charge in [-0.1, -0.05) is 23.7 Å². The second kappa shape index (κ2) is 5.35. The average molecular weight is 310 g/mol. The van der Waals surface area contributed by atoms with E-state index in [9.17, 15) is 9.90 Å². The van der Waals surface area contributed by atoms with E-state index >= 15 is 0 Å². The number of aliphatic carboxylic acids is 1. The van der Waals surface area contributed by atoms with Gasteiger partial charge in [0.2, 0.25) is 0 Å². The molecule has 3 nitrogen and oxygen atoms in total. The SMILES string of the molecule is Cc1c(CN2CCCC2C(=O)O)sc2c(Cl)cccc12. The summed E-state index contributed by atoms with van der Waals surface area (Å²) < 4.78 is 1.10. The summed E-state index contributed by atoms with van der Waals surface area (Å²) in [6.07, 6.45) is 1.71. The molecule has 1 saturated heterocycles. The molecule has 0 saturated carbocycles. The highest BCUT2D eigenvalue weighted by atomic mass is 35.5. The molecule has 3 rings (SSSR count). The second-order valence-electron chi connectivity index (χ2n) is 5.23. The molecule has 2 heterocycles. The number of aryl methyl sites for hydroxylation is 1. The zero-order chi connectivity index (χ0) is 14.3. The normalized spacial score (nSPS) is 19.8. The molecule has 1 atom stereocenters. The minimum atomic E-state index is -0.709. The third-order valence-electron chi connectivity index (χ3n) is 4.01. The maximum atomic E-state index is 11.3. The number of carbonyl (C=O) groups is 1. The number of likely N-dealkylation sites (tertiary alicyclic amines) is 1. The van der Waals surface area contributed by atoms with E-state index in [1.807, 2.05) is 12.1 Å². The first-order valence-corrected chi connectivity index (χ1v) is 7.90. The van der Waals surface area contributed by atoms with Crippen molar-refractivity contribution in [3.8, 4) is 0 Å². The first-order chi connectivity index (χ1) is 9.58. The van der Waals surface area contributed by atoms with Gasteiger partial charge in [0.15, 0.2) is 0 Å². The predicted octanol–water partition coefficient (Wildman–Crippen LogP) is 3.91. The molecule has 1 aliphatic rings. The van der Waals surface area contributed by atoms with E-state index in [0.717, 1.165) is 29.1 Å². The summed E-state index contributed by atoms with van der Waals surface area (Å²) in [5, 5.41) is 11.2. The summed E-state index contributed by atoms with van der Waals surface area (Å²) in [7, 11) is 0. The first kappa shape index (κ1) is 13.9. The Morgan fingerprint density at radius 3 is 3.05 bits per heavy atom. The Morgan fingerprint density at radius 1 is 1.55 bits per heavy atom. The van der Waals surface area contributed by atoms with Crippen LogP contribution in [0.4, 0.5) is 0 Å². The number of benzene rings is 1. The van der Waals surface area contributed by atoms with Crippen molar-refractivity contribution in [3.05, 3.63) is 33.7 Å². The average Bonchev–Trinajstić information content (AvgIpc) is 2.98. The van der Waals surface area contributed by atoms with Crippen molar-refractivity contribution in [2.24, 2.45) is 0 Å². The molecule has 5 heteroatoms. The number of rotatable bonds is 3. The van der Waals surface area contributed by atoms with Gasteiger partial charge in [-0.3, -0.25) is 9.69 Å². The molecule has 1 aromatic carbocycles. The fraction of sp³-hybridized carbons (Fsp3) is 0.400. The van der Waals surface area contributed by atoms with Crippen LogP contribution < -0.4 is 0 Å². The van der Waals surface area contributed by atoms with Gasteiger partial charge in [0.25, 0.3) is 0 Å². The van der Waals surface area contributed by atoms with Crippen LogP contribution in [0.1, 0.15) is 23.3 Å². The topological polar surface area (TPSA) is 40.5 Å². The number of carboxylic acid groups (broad SMARTS) is 1.